The Hall–Kier alpha value is -1.97. The molecule has 0 fully saturated rings. The summed E-state index contributed by atoms with van der Waals surface area (Å²) in [7, 11) is 1.59. The van der Waals surface area contributed by atoms with Gasteiger partial charge in [0.05, 0.1) is 13.7 Å². The minimum Gasteiger partial charge on any atom is -0.493 e. The smallest absolute Gasteiger partial charge is 0.331 e. The maximum absolute atomic E-state index is 11.6. The van der Waals surface area contributed by atoms with E-state index in [0.29, 0.717) is 18.1 Å². The Morgan fingerprint density at radius 1 is 1.25 bits per heavy atom. The Labute approximate surface area is 120 Å². The highest BCUT2D eigenvalue weighted by atomic mass is 16.6. The first-order valence-corrected chi connectivity index (χ1v) is 6.57. The van der Waals surface area contributed by atoms with E-state index >= 15 is 0 Å². The fraction of sp³-hybridized carbons (Fsp3) is 0.438. The summed E-state index contributed by atoms with van der Waals surface area (Å²) in [6, 6.07) is 5.48. The molecule has 0 amide bonds. The number of carbonyl (C=O) groups is 1. The lowest BCUT2D eigenvalue weighted by Gasteiger charge is -2.17. The molecule has 0 unspecified atom stereocenters. The van der Waals surface area contributed by atoms with Crippen molar-refractivity contribution in [2.75, 3.05) is 13.7 Å². The topological polar surface area (TPSA) is 44.8 Å². The molecule has 110 valence electrons. The van der Waals surface area contributed by atoms with E-state index in [1.54, 1.807) is 19.3 Å². The largest absolute Gasteiger partial charge is 0.493 e. The molecule has 0 aliphatic rings. The summed E-state index contributed by atoms with van der Waals surface area (Å²) in [5.41, 5.74) is 0.359. The molecule has 0 aliphatic carbocycles. The average Bonchev–Trinajstić information content (AvgIpc) is 2.35. The van der Waals surface area contributed by atoms with Gasteiger partial charge in [-0.05, 0) is 51.5 Å². The summed E-state index contributed by atoms with van der Waals surface area (Å²) in [5.74, 6) is 0.953. The highest BCUT2D eigenvalue weighted by molar-refractivity contribution is 5.87. The first-order chi connectivity index (χ1) is 9.35. The van der Waals surface area contributed by atoms with Crippen molar-refractivity contribution >= 4 is 12.0 Å². The van der Waals surface area contributed by atoms with Crippen LogP contribution >= 0.6 is 0 Å². The fourth-order valence-corrected chi connectivity index (χ4v) is 1.57. The third kappa shape index (κ3) is 5.34. The van der Waals surface area contributed by atoms with Crippen molar-refractivity contribution in [1.82, 2.24) is 0 Å². The van der Waals surface area contributed by atoms with Crippen LogP contribution in [0.25, 0.3) is 6.08 Å². The second-order valence-electron chi connectivity index (χ2n) is 5.21. The number of benzene rings is 1. The number of carbonyl (C=O) groups excluding carboxylic acids is 1. The SMILES string of the molecule is CCOc1cc(/C=C/C(=O)OC(C)(C)C)ccc1OC. The molecule has 0 bridgehead atoms. The molecule has 0 N–H and O–H groups in total. The van der Waals surface area contributed by atoms with Crippen LogP contribution in [0.15, 0.2) is 24.3 Å². The fourth-order valence-electron chi connectivity index (χ4n) is 1.57. The molecule has 0 heterocycles. The lowest BCUT2D eigenvalue weighted by atomic mass is 10.2. The number of hydrogen-bond donors (Lipinski definition) is 0. The lowest BCUT2D eigenvalue weighted by Crippen LogP contribution is -2.22. The van der Waals surface area contributed by atoms with Gasteiger partial charge in [0.2, 0.25) is 0 Å². The van der Waals surface area contributed by atoms with Gasteiger partial charge in [0.1, 0.15) is 5.60 Å². The Kier molecular flexibility index (Phi) is 5.62. The lowest BCUT2D eigenvalue weighted by molar-refractivity contribution is -0.148. The van der Waals surface area contributed by atoms with Crippen LogP contribution in [0.2, 0.25) is 0 Å². The van der Waals surface area contributed by atoms with E-state index in [4.69, 9.17) is 14.2 Å². The summed E-state index contributed by atoms with van der Waals surface area (Å²) in [6.45, 7) is 7.95. The highest BCUT2D eigenvalue weighted by Gasteiger charge is 2.13. The molecule has 4 heteroatoms. The minimum absolute atomic E-state index is 0.369. The Morgan fingerprint density at radius 2 is 1.95 bits per heavy atom. The third-order valence-corrected chi connectivity index (χ3v) is 2.31. The summed E-state index contributed by atoms with van der Waals surface area (Å²) < 4.78 is 15.9. The van der Waals surface area contributed by atoms with Crippen LogP contribution < -0.4 is 9.47 Å². The Balaban J connectivity index is 2.82. The molecular weight excluding hydrogens is 256 g/mol. The van der Waals surface area contributed by atoms with Crippen molar-refractivity contribution in [2.24, 2.45) is 0 Å². The zero-order valence-corrected chi connectivity index (χ0v) is 12.7. The normalized spacial score (nSPS) is 11.4. The minimum atomic E-state index is -0.488. The van der Waals surface area contributed by atoms with E-state index in [1.165, 1.54) is 6.08 Å². The van der Waals surface area contributed by atoms with Crippen LogP contribution in [0.1, 0.15) is 33.3 Å². The van der Waals surface area contributed by atoms with Gasteiger partial charge >= 0.3 is 5.97 Å². The van der Waals surface area contributed by atoms with Gasteiger partial charge in [-0.2, -0.15) is 0 Å². The number of rotatable bonds is 5. The molecule has 0 aliphatic heterocycles. The molecule has 0 saturated carbocycles. The van der Waals surface area contributed by atoms with Crippen molar-refractivity contribution in [3.63, 3.8) is 0 Å². The predicted molar refractivity (Wildman–Crippen MR) is 79.0 cm³/mol. The van der Waals surface area contributed by atoms with Crippen LogP contribution in [0, 0.1) is 0 Å². The van der Waals surface area contributed by atoms with E-state index < -0.39 is 5.60 Å². The molecule has 1 aromatic rings. The van der Waals surface area contributed by atoms with Gasteiger partial charge in [0.25, 0.3) is 0 Å². The van der Waals surface area contributed by atoms with Gasteiger partial charge in [-0.1, -0.05) is 6.07 Å². The van der Waals surface area contributed by atoms with Gasteiger partial charge in [-0.15, -0.1) is 0 Å². The molecule has 1 rings (SSSR count). The summed E-state index contributed by atoms with van der Waals surface area (Å²) in [5, 5.41) is 0. The molecule has 0 spiro atoms. The molecule has 4 nitrogen and oxygen atoms in total. The first kappa shape index (κ1) is 16.1. The summed E-state index contributed by atoms with van der Waals surface area (Å²) in [4.78, 5) is 11.6. The second kappa shape index (κ2) is 6.98. The molecule has 0 aromatic heterocycles. The summed E-state index contributed by atoms with van der Waals surface area (Å²) >= 11 is 0. The number of ether oxygens (including phenoxy) is 3. The Morgan fingerprint density at radius 3 is 2.50 bits per heavy atom. The van der Waals surface area contributed by atoms with E-state index in [-0.39, 0.29) is 5.97 Å². The summed E-state index contributed by atoms with van der Waals surface area (Å²) in [6.07, 6.45) is 3.10. The van der Waals surface area contributed by atoms with Crippen molar-refractivity contribution in [1.29, 1.82) is 0 Å². The monoisotopic (exact) mass is 278 g/mol. The molecule has 0 saturated heterocycles. The standard InChI is InChI=1S/C16H22O4/c1-6-19-14-11-12(7-9-13(14)18-5)8-10-15(17)20-16(2,3)4/h7-11H,6H2,1-5H3/b10-8+. The van der Waals surface area contributed by atoms with Crippen LogP contribution in [-0.4, -0.2) is 25.3 Å². The predicted octanol–water partition coefficient (Wildman–Crippen LogP) is 3.45. The van der Waals surface area contributed by atoms with Gasteiger partial charge in [-0.25, -0.2) is 4.79 Å². The number of methoxy groups -OCH3 is 1. The van der Waals surface area contributed by atoms with Crippen molar-refractivity contribution in [3.8, 4) is 11.5 Å². The molecule has 1 aromatic carbocycles. The van der Waals surface area contributed by atoms with E-state index in [0.717, 1.165) is 5.56 Å². The van der Waals surface area contributed by atoms with Crippen LogP contribution in [0.4, 0.5) is 0 Å². The van der Waals surface area contributed by atoms with Gasteiger partial charge < -0.3 is 14.2 Å². The average molecular weight is 278 g/mol. The van der Waals surface area contributed by atoms with Gasteiger partial charge in [0.15, 0.2) is 11.5 Å². The molecule has 0 atom stereocenters. The van der Waals surface area contributed by atoms with Crippen molar-refractivity contribution in [3.05, 3.63) is 29.8 Å². The second-order valence-corrected chi connectivity index (χ2v) is 5.21. The van der Waals surface area contributed by atoms with E-state index in [1.807, 2.05) is 39.8 Å². The Bertz CT molecular complexity index is 484. The molecule has 20 heavy (non-hydrogen) atoms. The highest BCUT2D eigenvalue weighted by Crippen LogP contribution is 2.28. The maximum atomic E-state index is 11.6. The quantitative estimate of drug-likeness (QED) is 0.611. The molecule has 0 radical (unpaired) electrons. The van der Waals surface area contributed by atoms with Crippen molar-refractivity contribution in [2.45, 2.75) is 33.3 Å². The van der Waals surface area contributed by atoms with Crippen LogP contribution in [-0.2, 0) is 9.53 Å². The van der Waals surface area contributed by atoms with E-state index in [9.17, 15) is 4.79 Å². The van der Waals surface area contributed by atoms with Crippen LogP contribution in [0.5, 0.6) is 11.5 Å². The third-order valence-electron chi connectivity index (χ3n) is 2.31. The number of hydrogen-bond acceptors (Lipinski definition) is 4. The van der Waals surface area contributed by atoms with Gasteiger partial charge in [0, 0.05) is 6.08 Å². The van der Waals surface area contributed by atoms with Gasteiger partial charge in [-0.3, -0.25) is 0 Å². The zero-order valence-electron chi connectivity index (χ0n) is 12.7. The first-order valence-electron chi connectivity index (χ1n) is 6.57. The number of esters is 1. The van der Waals surface area contributed by atoms with Crippen LogP contribution in [0.3, 0.4) is 0 Å². The molecular formula is C16H22O4. The zero-order chi connectivity index (χ0) is 15.2. The van der Waals surface area contributed by atoms with Crippen molar-refractivity contribution < 1.29 is 19.0 Å². The van der Waals surface area contributed by atoms with E-state index in [2.05, 4.69) is 0 Å². The maximum Gasteiger partial charge on any atom is 0.331 e.